The third-order valence-electron chi connectivity index (χ3n) is 5.69. The van der Waals surface area contributed by atoms with Crippen molar-refractivity contribution in [2.75, 3.05) is 19.6 Å². The van der Waals surface area contributed by atoms with Crippen LogP contribution in [0.5, 0.6) is 0 Å². The maximum atomic E-state index is 12.8. The molecule has 1 aliphatic heterocycles. The Morgan fingerprint density at radius 3 is 2.58 bits per heavy atom. The highest BCUT2D eigenvalue weighted by atomic mass is 16.4. The summed E-state index contributed by atoms with van der Waals surface area (Å²) in [5.74, 6) is 0.799. The molecule has 168 valence electrons. The molecule has 2 aromatic heterocycles. The van der Waals surface area contributed by atoms with Crippen LogP contribution < -0.4 is 5.32 Å². The predicted octanol–water partition coefficient (Wildman–Crippen LogP) is 3.85. The molecule has 5 rings (SSSR count). The van der Waals surface area contributed by atoms with Crippen LogP contribution in [0.1, 0.15) is 24.4 Å². The van der Waals surface area contributed by atoms with Crippen molar-refractivity contribution in [3.05, 3.63) is 72.1 Å². The maximum absolute atomic E-state index is 12.8. The highest BCUT2D eigenvalue weighted by molar-refractivity contribution is 5.94. The number of amides is 1. The lowest BCUT2D eigenvalue weighted by molar-refractivity contribution is 0.0709. The summed E-state index contributed by atoms with van der Waals surface area (Å²) in [4.78, 5) is 23.9. The molecule has 0 bridgehead atoms. The number of piperazine rings is 1. The van der Waals surface area contributed by atoms with Gasteiger partial charge in [0.2, 0.25) is 5.89 Å². The molecule has 1 N–H and O–H groups in total. The normalized spacial score (nSPS) is 16.1. The van der Waals surface area contributed by atoms with Crippen molar-refractivity contribution in [2.45, 2.75) is 19.9 Å². The van der Waals surface area contributed by atoms with E-state index in [1.807, 2.05) is 66.4 Å². The zero-order valence-electron chi connectivity index (χ0n) is 18.5. The molecule has 1 unspecified atom stereocenters. The Hall–Kier alpha value is -3.91. The van der Waals surface area contributed by atoms with Crippen LogP contribution >= 0.6 is 0 Å². The molecule has 0 saturated carbocycles. The molecule has 33 heavy (non-hydrogen) atoms. The predicted molar refractivity (Wildman–Crippen MR) is 126 cm³/mol. The third kappa shape index (κ3) is 4.38. The van der Waals surface area contributed by atoms with Crippen LogP contribution in [0.15, 0.2) is 65.2 Å². The summed E-state index contributed by atoms with van der Waals surface area (Å²) < 4.78 is 5.87. The molecule has 4 aromatic rings. The smallest absolute Gasteiger partial charge is 0.268 e. The van der Waals surface area contributed by atoms with Crippen molar-refractivity contribution in [3.8, 4) is 34.3 Å². The molecule has 0 aliphatic carbocycles. The summed E-state index contributed by atoms with van der Waals surface area (Å²) in [5, 5.41) is 11.7. The largest absolute Gasteiger partial charge is 0.415 e. The average molecular weight is 443 g/mol. The Kier molecular flexibility index (Phi) is 5.66. The van der Waals surface area contributed by atoms with Crippen LogP contribution in [0.25, 0.3) is 34.3 Å². The molecule has 3 heterocycles. The zero-order chi connectivity index (χ0) is 22.8. The van der Waals surface area contributed by atoms with Gasteiger partial charge in [0.1, 0.15) is 5.69 Å². The number of benzene rings is 2. The first-order valence-electron chi connectivity index (χ1n) is 10.9. The van der Waals surface area contributed by atoms with Gasteiger partial charge in [0.15, 0.2) is 0 Å². The van der Waals surface area contributed by atoms with Gasteiger partial charge in [-0.15, -0.1) is 10.2 Å². The molecule has 1 aliphatic rings. The lowest BCUT2D eigenvalue weighted by Gasteiger charge is -2.32. The fourth-order valence-corrected chi connectivity index (χ4v) is 3.89. The van der Waals surface area contributed by atoms with Crippen molar-refractivity contribution >= 4 is 5.91 Å². The van der Waals surface area contributed by atoms with E-state index in [-0.39, 0.29) is 7.33 Å². The van der Waals surface area contributed by atoms with Crippen LogP contribution in [0.2, 0.25) is 0 Å². The van der Waals surface area contributed by atoms with Gasteiger partial charge in [-0.2, -0.15) is 0 Å². The molecule has 1 amide bonds. The van der Waals surface area contributed by atoms with E-state index in [1.165, 1.54) is 0 Å². The van der Waals surface area contributed by atoms with Crippen LogP contribution in [-0.4, -0.2) is 56.6 Å². The average Bonchev–Trinajstić information content (AvgIpc) is 3.35. The van der Waals surface area contributed by atoms with E-state index in [0.717, 1.165) is 17.7 Å². The van der Waals surface area contributed by atoms with Gasteiger partial charge >= 0.3 is 0 Å². The molecule has 0 radical (unpaired) electrons. The minimum absolute atomic E-state index is 0. The number of nitrogens with zero attached hydrogens (tertiary/aromatic N) is 5. The summed E-state index contributed by atoms with van der Waals surface area (Å²) in [6.07, 6.45) is 1.71. The topological polar surface area (TPSA) is 97.0 Å². The molecular weight excluding hydrogens is 416 g/mol. The number of rotatable bonds is 4. The van der Waals surface area contributed by atoms with Crippen LogP contribution in [0.3, 0.4) is 0 Å². The molecular formula is C25H26N6O2. The van der Waals surface area contributed by atoms with Gasteiger partial charge in [0.25, 0.3) is 11.8 Å². The number of aromatic nitrogens is 4. The quantitative estimate of drug-likeness (QED) is 0.513. The van der Waals surface area contributed by atoms with Crippen molar-refractivity contribution < 1.29 is 10.6 Å². The van der Waals surface area contributed by atoms with Gasteiger partial charge in [-0.1, -0.05) is 30.3 Å². The second-order valence-corrected chi connectivity index (χ2v) is 8.15. The van der Waals surface area contributed by atoms with E-state index in [1.54, 1.807) is 6.20 Å². The van der Waals surface area contributed by atoms with Crippen LogP contribution in [0, 0.1) is 6.92 Å². The molecule has 1 fully saturated rings. The SMILES string of the molecule is Cc1ncc(-c2ccc(C(=O)N3CCNC(C)C3)cc2)nc1-c1nnc(-c2ccccc2)o1.[HH]. The number of hydrogen-bond donors (Lipinski definition) is 1. The van der Waals surface area contributed by atoms with Crippen molar-refractivity contribution in [1.82, 2.24) is 30.4 Å². The number of hydrogen-bond acceptors (Lipinski definition) is 7. The Bertz CT molecular complexity index is 1280. The Labute approximate surface area is 193 Å². The third-order valence-corrected chi connectivity index (χ3v) is 5.69. The number of carbonyl (C=O) groups is 1. The summed E-state index contributed by atoms with van der Waals surface area (Å²) in [5.41, 5.74) is 4.27. The van der Waals surface area contributed by atoms with Crippen LogP contribution in [0.4, 0.5) is 0 Å². The minimum atomic E-state index is 0. The monoisotopic (exact) mass is 442 g/mol. The first-order valence-corrected chi connectivity index (χ1v) is 10.9. The summed E-state index contributed by atoms with van der Waals surface area (Å²) >= 11 is 0. The van der Waals surface area contributed by atoms with Gasteiger partial charge in [-0.05, 0) is 38.1 Å². The summed E-state index contributed by atoms with van der Waals surface area (Å²) in [6.45, 7) is 6.18. The van der Waals surface area contributed by atoms with Gasteiger partial charge < -0.3 is 14.6 Å². The van der Waals surface area contributed by atoms with E-state index in [2.05, 4.69) is 27.4 Å². The Balaban J connectivity index is 0.00000274. The first-order chi connectivity index (χ1) is 16.1. The lowest BCUT2D eigenvalue weighted by atomic mass is 10.1. The second-order valence-electron chi connectivity index (χ2n) is 8.15. The summed E-state index contributed by atoms with van der Waals surface area (Å²) in [7, 11) is 0. The van der Waals surface area contributed by atoms with Gasteiger partial charge in [0.05, 0.1) is 17.6 Å². The van der Waals surface area contributed by atoms with E-state index >= 15 is 0 Å². The zero-order valence-corrected chi connectivity index (χ0v) is 18.5. The number of aryl methyl sites for hydroxylation is 1. The second kappa shape index (κ2) is 8.91. The first kappa shape index (κ1) is 21.0. The Morgan fingerprint density at radius 2 is 1.82 bits per heavy atom. The molecule has 8 heteroatoms. The fraction of sp³-hybridized carbons (Fsp3) is 0.240. The van der Waals surface area contributed by atoms with Crippen molar-refractivity contribution in [3.63, 3.8) is 0 Å². The maximum Gasteiger partial charge on any atom is 0.268 e. The number of carbonyl (C=O) groups excluding carboxylic acids is 1. The lowest BCUT2D eigenvalue weighted by Crippen LogP contribution is -2.51. The molecule has 1 atom stereocenters. The standard InChI is InChI=1S/C25H24N6O2.H2/c1-16-15-31(13-12-26-16)25(32)20-10-8-18(9-11-20)21-14-27-17(2)22(28-21)24-30-29-23(33-24)19-6-4-3-5-7-19;/h3-11,14,16,26H,12-13,15H2,1-2H3;1H. The summed E-state index contributed by atoms with van der Waals surface area (Å²) in [6, 6.07) is 17.4. The van der Waals surface area contributed by atoms with E-state index < -0.39 is 0 Å². The molecule has 2 aromatic carbocycles. The van der Waals surface area contributed by atoms with Gasteiger partial charge in [-0.3, -0.25) is 9.78 Å². The molecule has 1 saturated heterocycles. The van der Waals surface area contributed by atoms with E-state index in [4.69, 9.17) is 9.40 Å². The Morgan fingerprint density at radius 1 is 1.06 bits per heavy atom. The van der Waals surface area contributed by atoms with E-state index in [0.29, 0.717) is 53.6 Å². The highest BCUT2D eigenvalue weighted by Gasteiger charge is 2.22. The van der Waals surface area contributed by atoms with Crippen molar-refractivity contribution in [2.24, 2.45) is 0 Å². The fourth-order valence-electron chi connectivity index (χ4n) is 3.89. The van der Waals surface area contributed by atoms with Crippen LogP contribution in [-0.2, 0) is 0 Å². The van der Waals surface area contributed by atoms with E-state index in [9.17, 15) is 4.79 Å². The van der Waals surface area contributed by atoms with Gasteiger partial charge in [0, 0.05) is 43.8 Å². The highest BCUT2D eigenvalue weighted by Crippen LogP contribution is 2.26. The number of nitrogens with one attached hydrogen (secondary N) is 1. The van der Waals surface area contributed by atoms with Gasteiger partial charge in [-0.25, -0.2) is 4.98 Å². The minimum Gasteiger partial charge on any atom is -0.415 e. The van der Waals surface area contributed by atoms with Crippen molar-refractivity contribution in [1.29, 1.82) is 0 Å². The molecule has 8 nitrogen and oxygen atoms in total. The molecule has 0 spiro atoms.